The first kappa shape index (κ1) is 24.5. The SMILES string of the molecule is CC(C)c1ccc(N(Cc2cnn(Cc3ccc(O)cn3)c2)C(=O)C2CCCc3c(O)cccc32)cn1. The molecule has 1 aromatic carbocycles. The van der Waals surface area contributed by atoms with E-state index >= 15 is 0 Å². The van der Waals surface area contributed by atoms with Crippen molar-refractivity contribution in [2.75, 3.05) is 4.90 Å². The molecule has 0 radical (unpaired) electrons. The number of anilines is 1. The maximum Gasteiger partial charge on any atom is 0.234 e. The molecule has 0 aliphatic heterocycles. The monoisotopic (exact) mass is 497 g/mol. The number of benzene rings is 1. The van der Waals surface area contributed by atoms with E-state index in [1.54, 1.807) is 40.2 Å². The lowest BCUT2D eigenvalue weighted by Gasteiger charge is -2.31. The number of aromatic hydroxyl groups is 2. The number of nitrogens with zero attached hydrogens (tertiary/aromatic N) is 5. The van der Waals surface area contributed by atoms with E-state index in [2.05, 4.69) is 28.9 Å². The van der Waals surface area contributed by atoms with E-state index in [4.69, 9.17) is 0 Å². The molecule has 8 nitrogen and oxygen atoms in total. The molecular formula is C29H31N5O3. The summed E-state index contributed by atoms with van der Waals surface area (Å²) in [4.78, 5) is 24.7. The highest BCUT2D eigenvalue weighted by atomic mass is 16.3. The lowest BCUT2D eigenvalue weighted by atomic mass is 9.81. The van der Waals surface area contributed by atoms with Crippen LogP contribution in [0.2, 0.25) is 0 Å². The van der Waals surface area contributed by atoms with E-state index in [9.17, 15) is 15.0 Å². The molecule has 0 saturated carbocycles. The Balaban J connectivity index is 1.44. The molecule has 0 saturated heterocycles. The number of pyridine rings is 2. The fraction of sp³-hybridized carbons (Fsp3) is 0.310. The summed E-state index contributed by atoms with van der Waals surface area (Å²) in [5.41, 5.74) is 5.13. The molecule has 0 fully saturated rings. The summed E-state index contributed by atoms with van der Waals surface area (Å²) >= 11 is 0. The van der Waals surface area contributed by atoms with Crippen molar-refractivity contribution < 1.29 is 15.0 Å². The maximum atomic E-state index is 14.1. The number of carbonyl (C=O) groups is 1. The molecule has 1 atom stereocenters. The van der Waals surface area contributed by atoms with E-state index in [0.717, 1.165) is 53.0 Å². The van der Waals surface area contributed by atoms with Crippen LogP contribution in [0.4, 0.5) is 5.69 Å². The van der Waals surface area contributed by atoms with Crippen LogP contribution in [0.3, 0.4) is 0 Å². The van der Waals surface area contributed by atoms with Crippen LogP contribution in [0.5, 0.6) is 11.5 Å². The first-order chi connectivity index (χ1) is 17.9. The molecular weight excluding hydrogens is 466 g/mol. The fourth-order valence-corrected chi connectivity index (χ4v) is 4.90. The molecule has 37 heavy (non-hydrogen) atoms. The minimum atomic E-state index is -0.336. The fourth-order valence-electron chi connectivity index (χ4n) is 4.90. The van der Waals surface area contributed by atoms with Crippen LogP contribution in [0.1, 0.15) is 66.6 Å². The highest BCUT2D eigenvalue weighted by Crippen LogP contribution is 2.38. The van der Waals surface area contributed by atoms with Crippen molar-refractivity contribution in [1.29, 1.82) is 0 Å². The third-order valence-electron chi connectivity index (χ3n) is 6.88. The van der Waals surface area contributed by atoms with Gasteiger partial charge in [0.2, 0.25) is 5.91 Å². The minimum Gasteiger partial charge on any atom is -0.508 e. The largest absolute Gasteiger partial charge is 0.508 e. The number of hydrogen-bond donors (Lipinski definition) is 2. The number of carbonyl (C=O) groups excluding carboxylic acids is 1. The van der Waals surface area contributed by atoms with Crippen molar-refractivity contribution >= 4 is 11.6 Å². The first-order valence-corrected chi connectivity index (χ1v) is 12.6. The van der Waals surface area contributed by atoms with E-state index in [1.807, 2.05) is 30.5 Å². The molecule has 8 heteroatoms. The van der Waals surface area contributed by atoms with Gasteiger partial charge in [0.15, 0.2) is 0 Å². The quantitative estimate of drug-likeness (QED) is 0.376. The maximum absolute atomic E-state index is 14.1. The zero-order chi connectivity index (χ0) is 25.9. The third kappa shape index (κ3) is 5.33. The predicted molar refractivity (Wildman–Crippen MR) is 141 cm³/mol. The van der Waals surface area contributed by atoms with Gasteiger partial charge in [0.05, 0.1) is 49.0 Å². The number of fused-ring (bicyclic) bond motifs is 1. The summed E-state index contributed by atoms with van der Waals surface area (Å²) in [6.07, 6.45) is 9.20. The Hall–Kier alpha value is -4.20. The van der Waals surface area contributed by atoms with Crippen molar-refractivity contribution in [2.24, 2.45) is 0 Å². The summed E-state index contributed by atoms with van der Waals surface area (Å²) < 4.78 is 1.77. The van der Waals surface area contributed by atoms with Gasteiger partial charge in [0, 0.05) is 17.5 Å². The van der Waals surface area contributed by atoms with Gasteiger partial charge >= 0.3 is 0 Å². The lowest BCUT2D eigenvalue weighted by Crippen LogP contribution is -2.36. The Bertz CT molecular complexity index is 1380. The van der Waals surface area contributed by atoms with Gasteiger partial charge in [-0.2, -0.15) is 5.10 Å². The number of phenolic OH excluding ortho intramolecular Hbond substituents is 1. The highest BCUT2D eigenvalue weighted by Gasteiger charge is 2.32. The van der Waals surface area contributed by atoms with Gasteiger partial charge in [-0.3, -0.25) is 19.4 Å². The zero-order valence-corrected chi connectivity index (χ0v) is 21.1. The smallest absolute Gasteiger partial charge is 0.234 e. The Morgan fingerprint density at radius 2 is 1.95 bits per heavy atom. The Morgan fingerprint density at radius 1 is 1.08 bits per heavy atom. The summed E-state index contributed by atoms with van der Waals surface area (Å²) in [6, 6.07) is 12.7. The minimum absolute atomic E-state index is 0.0152. The van der Waals surface area contributed by atoms with Crippen molar-refractivity contribution in [3.05, 3.63) is 95.3 Å². The van der Waals surface area contributed by atoms with Gasteiger partial charge in [-0.25, -0.2) is 0 Å². The molecule has 2 N–H and O–H groups in total. The van der Waals surface area contributed by atoms with Gasteiger partial charge in [-0.1, -0.05) is 26.0 Å². The van der Waals surface area contributed by atoms with Gasteiger partial charge in [-0.05, 0) is 66.6 Å². The van der Waals surface area contributed by atoms with Crippen LogP contribution in [0.15, 0.2) is 67.3 Å². The van der Waals surface area contributed by atoms with E-state index < -0.39 is 0 Å². The average Bonchev–Trinajstić information content (AvgIpc) is 3.35. The van der Waals surface area contributed by atoms with Gasteiger partial charge in [-0.15, -0.1) is 0 Å². The Labute approximate surface area is 216 Å². The molecule has 190 valence electrons. The lowest BCUT2D eigenvalue weighted by molar-refractivity contribution is -0.120. The van der Waals surface area contributed by atoms with Crippen LogP contribution >= 0.6 is 0 Å². The highest BCUT2D eigenvalue weighted by molar-refractivity contribution is 5.98. The van der Waals surface area contributed by atoms with Crippen molar-refractivity contribution in [1.82, 2.24) is 19.7 Å². The molecule has 0 bridgehead atoms. The first-order valence-electron chi connectivity index (χ1n) is 12.6. The van der Waals surface area contributed by atoms with Crippen LogP contribution < -0.4 is 4.90 Å². The molecule has 1 aliphatic rings. The second-order valence-electron chi connectivity index (χ2n) is 9.86. The average molecular weight is 498 g/mol. The third-order valence-corrected chi connectivity index (χ3v) is 6.88. The second kappa shape index (κ2) is 10.4. The van der Waals surface area contributed by atoms with Gasteiger partial charge in [0.25, 0.3) is 0 Å². The molecule has 5 rings (SSSR count). The summed E-state index contributed by atoms with van der Waals surface area (Å²) in [5.74, 6) is 0.316. The normalized spacial score (nSPS) is 14.9. The summed E-state index contributed by atoms with van der Waals surface area (Å²) in [6.45, 7) is 4.98. The second-order valence-corrected chi connectivity index (χ2v) is 9.86. The molecule has 1 unspecified atom stereocenters. The number of aromatic nitrogens is 4. The van der Waals surface area contributed by atoms with Gasteiger partial charge in [0.1, 0.15) is 11.5 Å². The Morgan fingerprint density at radius 3 is 2.68 bits per heavy atom. The number of amides is 1. The standard InChI is InChI=1S/C29H31N5O3/c1-19(2)27-12-10-22(14-31-27)34(29(37)26-7-3-6-25-24(26)5-4-8-28(25)36)17-20-13-32-33(16-20)18-21-9-11-23(35)15-30-21/h4-5,8-16,19,26,35-36H,3,6-7,17-18H2,1-2H3. The van der Waals surface area contributed by atoms with Crippen molar-refractivity contribution in [3.8, 4) is 11.5 Å². The molecule has 4 aromatic rings. The number of rotatable bonds is 7. The number of phenols is 1. The molecule has 3 aromatic heterocycles. The van der Waals surface area contributed by atoms with Crippen LogP contribution in [0, 0.1) is 0 Å². The molecule has 0 spiro atoms. The zero-order valence-electron chi connectivity index (χ0n) is 21.1. The van der Waals surface area contributed by atoms with E-state index in [0.29, 0.717) is 13.1 Å². The topological polar surface area (TPSA) is 104 Å². The van der Waals surface area contributed by atoms with Crippen LogP contribution in [-0.4, -0.2) is 35.9 Å². The molecule has 1 amide bonds. The van der Waals surface area contributed by atoms with Crippen molar-refractivity contribution in [2.45, 2.75) is 58.0 Å². The number of hydrogen-bond acceptors (Lipinski definition) is 6. The van der Waals surface area contributed by atoms with E-state index in [1.165, 1.54) is 6.20 Å². The van der Waals surface area contributed by atoms with Crippen molar-refractivity contribution in [3.63, 3.8) is 0 Å². The van der Waals surface area contributed by atoms with Gasteiger partial charge < -0.3 is 15.1 Å². The summed E-state index contributed by atoms with van der Waals surface area (Å²) in [5, 5.41) is 24.3. The Kier molecular flexibility index (Phi) is 6.90. The van der Waals surface area contributed by atoms with Crippen LogP contribution in [0.25, 0.3) is 0 Å². The molecule has 3 heterocycles. The predicted octanol–water partition coefficient (Wildman–Crippen LogP) is 4.91. The summed E-state index contributed by atoms with van der Waals surface area (Å²) in [7, 11) is 0. The van der Waals surface area contributed by atoms with Crippen LogP contribution in [-0.2, 0) is 24.3 Å². The van der Waals surface area contributed by atoms with E-state index in [-0.39, 0.29) is 29.2 Å². The molecule has 1 aliphatic carbocycles.